The van der Waals surface area contributed by atoms with Crippen LogP contribution in [0, 0.1) is 13.3 Å². The van der Waals surface area contributed by atoms with Crippen LogP contribution in [0.15, 0.2) is 6.07 Å². The Morgan fingerprint density at radius 3 is 2.89 bits per heavy atom. The highest BCUT2D eigenvalue weighted by molar-refractivity contribution is 5.04. The highest BCUT2D eigenvalue weighted by atomic mass is 16.3. The first-order chi connectivity index (χ1) is 4.33. The molecule has 0 aliphatic heterocycles. The number of rotatable bonds is 1. The van der Waals surface area contributed by atoms with Crippen molar-refractivity contribution in [1.29, 1.82) is 0 Å². The fourth-order valence-corrected chi connectivity index (χ4v) is 0.555. The quantitative estimate of drug-likeness (QED) is 0.575. The summed E-state index contributed by atoms with van der Waals surface area (Å²) >= 11 is 0. The lowest BCUT2D eigenvalue weighted by Gasteiger charge is -1.92. The first kappa shape index (κ1) is 6.16. The van der Waals surface area contributed by atoms with Crippen LogP contribution in [-0.4, -0.2) is 15.1 Å². The monoisotopic (exact) mass is 123 g/mol. The molecule has 0 saturated carbocycles. The zero-order valence-electron chi connectivity index (χ0n) is 5.13. The Hall–Kier alpha value is -0.960. The maximum Gasteiger partial charge on any atom is 0.198 e. The van der Waals surface area contributed by atoms with E-state index in [0.717, 1.165) is 5.69 Å². The number of aromatic nitrogens is 2. The molecule has 0 amide bonds. The molecule has 0 saturated heterocycles. The number of aliphatic hydroxyl groups excluding tert-OH is 1. The van der Waals surface area contributed by atoms with Crippen LogP contribution in [0.25, 0.3) is 0 Å². The first-order valence-electron chi connectivity index (χ1n) is 2.64. The molecule has 0 spiro atoms. The van der Waals surface area contributed by atoms with Crippen LogP contribution in [-0.2, 0) is 6.61 Å². The second-order valence-electron chi connectivity index (χ2n) is 1.76. The van der Waals surface area contributed by atoms with Crippen molar-refractivity contribution < 1.29 is 5.11 Å². The number of nitrogens with zero attached hydrogens (tertiary/aromatic N) is 2. The summed E-state index contributed by atoms with van der Waals surface area (Å²) in [6.45, 7) is 1.79. The van der Waals surface area contributed by atoms with E-state index in [4.69, 9.17) is 5.11 Å². The van der Waals surface area contributed by atoms with Gasteiger partial charge in [-0.3, -0.25) is 0 Å². The van der Waals surface area contributed by atoms with Gasteiger partial charge in [0.2, 0.25) is 0 Å². The highest BCUT2D eigenvalue weighted by Crippen LogP contribution is 1.93. The second-order valence-corrected chi connectivity index (χ2v) is 1.76. The molecule has 1 radical (unpaired) electrons. The van der Waals surface area contributed by atoms with Crippen molar-refractivity contribution in [1.82, 2.24) is 9.97 Å². The summed E-state index contributed by atoms with van der Waals surface area (Å²) in [5, 5.41) is 8.55. The van der Waals surface area contributed by atoms with Gasteiger partial charge in [0.15, 0.2) is 6.33 Å². The van der Waals surface area contributed by atoms with Crippen molar-refractivity contribution in [3.8, 4) is 0 Å². The van der Waals surface area contributed by atoms with E-state index in [1.54, 1.807) is 6.07 Å². The van der Waals surface area contributed by atoms with Crippen LogP contribution in [0.1, 0.15) is 11.4 Å². The molecule has 0 aliphatic carbocycles. The average Bonchev–Trinajstić information content (AvgIpc) is 1.88. The molecule has 3 nitrogen and oxygen atoms in total. The van der Waals surface area contributed by atoms with Gasteiger partial charge in [-0.25, -0.2) is 9.97 Å². The minimum Gasteiger partial charge on any atom is -0.390 e. The van der Waals surface area contributed by atoms with Crippen molar-refractivity contribution >= 4 is 0 Å². The lowest BCUT2D eigenvalue weighted by Crippen LogP contribution is -1.91. The molecule has 47 valence electrons. The molecule has 1 aromatic rings. The largest absolute Gasteiger partial charge is 0.390 e. The van der Waals surface area contributed by atoms with Crippen LogP contribution < -0.4 is 0 Å². The zero-order chi connectivity index (χ0) is 6.69. The summed E-state index contributed by atoms with van der Waals surface area (Å²) in [4.78, 5) is 7.41. The van der Waals surface area contributed by atoms with E-state index in [0.29, 0.717) is 5.69 Å². The Morgan fingerprint density at radius 2 is 2.44 bits per heavy atom. The van der Waals surface area contributed by atoms with Crippen molar-refractivity contribution in [2.45, 2.75) is 13.5 Å². The molecule has 0 aliphatic rings. The molecule has 3 heteroatoms. The Balaban J connectivity index is 2.94. The lowest BCUT2D eigenvalue weighted by atomic mass is 10.3. The first-order valence-corrected chi connectivity index (χ1v) is 2.64. The predicted octanol–water partition coefficient (Wildman–Crippen LogP) is 0.0775. The van der Waals surface area contributed by atoms with Gasteiger partial charge in [-0.15, -0.1) is 0 Å². The van der Waals surface area contributed by atoms with Crippen LogP contribution in [0.3, 0.4) is 0 Å². The van der Waals surface area contributed by atoms with Crippen LogP contribution in [0.4, 0.5) is 0 Å². The average molecular weight is 123 g/mol. The van der Waals surface area contributed by atoms with Gasteiger partial charge in [0.25, 0.3) is 0 Å². The fourth-order valence-electron chi connectivity index (χ4n) is 0.555. The molecule has 9 heavy (non-hydrogen) atoms. The van der Waals surface area contributed by atoms with Crippen LogP contribution in [0.5, 0.6) is 0 Å². The Bertz CT molecular complexity index is 200. The zero-order valence-corrected chi connectivity index (χ0v) is 5.13. The summed E-state index contributed by atoms with van der Waals surface area (Å²) in [6.07, 6.45) is 2.42. The Labute approximate surface area is 53.4 Å². The molecule has 0 fully saturated rings. The minimum atomic E-state index is -0.0418. The number of aryl methyl sites for hydroxylation is 1. The van der Waals surface area contributed by atoms with Crippen LogP contribution in [0.2, 0.25) is 0 Å². The molecule has 1 heterocycles. The van der Waals surface area contributed by atoms with Crippen molar-refractivity contribution in [2.75, 3.05) is 0 Å². The van der Waals surface area contributed by atoms with Gasteiger partial charge in [0, 0.05) is 5.69 Å². The highest BCUT2D eigenvalue weighted by Gasteiger charge is 1.90. The molecule has 1 aromatic heterocycles. The van der Waals surface area contributed by atoms with Gasteiger partial charge < -0.3 is 5.11 Å². The van der Waals surface area contributed by atoms with Crippen molar-refractivity contribution in [3.63, 3.8) is 0 Å². The van der Waals surface area contributed by atoms with E-state index in [-0.39, 0.29) is 6.61 Å². The number of aliphatic hydroxyl groups is 1. The Kier molecular flexibility index (Phi) is 1.75. The third-order valence-corrected chi connectivity index (χ3v) is 0.957. The van der Waals surface area contributed by atoms with Crippen LogP contribution >= 0.6 is 0 Å². The third-order valence-electron chi connectivity index (χ3n) is 0.957. The molecular formula is C6H7N2O. The molecular weight excluding hydrogens is 116 g/mol. The molecule has 0 aromatic carbocycles. The number of hydrogen-bond donors (Lipinski definition) is 1. The maximum absolute atomic E-state index is 8.55. The number of hydrogen-bond acceptors (Lipinski definition) is 3. The van der Waals surface area contributed by atoms with Crippen molar-refractivity contribution in [3.05, 3.63) is 23.8 Å². The van der Waals surface area contributed by atoms with Crippen molar-refractivity contribution in [2.24, 2.45) is 0 Å². The van der Waals surface area contributed by atoms with E-state index in [1.165, 1.54) is 0 Å². The van der Waals surface area contributed by atoms with Gasteiger partial charge >= 0.3 is 0 Å². The predicted molar refractivity (Wildman–Crippen MR) is 31.5 cm³/mol. The minimum absolute atomic E-state index is 0.0418. The maximum atomic E-state index is 8.55. The smallest absolute Gasteiger partial charge is 0.198 e. The van der Waals surface area contributed by atoms with E-state index < -0.39 is 0 Å². The van der Waals surface area contributed by atoms with Gasteiger partial charge in [-0.05, 0) is 13.0 Å². The Morgan fingerprint density at radius 1 is 1.67 bits per heavy atom. The standard InChI is InChI=1S/C6H7N2O/c1-5-2-6(3-9)8-4-7-5/h2,9H,3H2,1H3. The second kappa shape index (κ2) is 2.55. The summed E-state index contributed by atoms with van der Waals surface area (Å²) in [5.74, 6) is 0. The molecule has 1 rings (SSSR count). The molecule has 0 unspecified atom stereocenters. The van der Waals surface area contributed by atoms with Gasteiger partial charge in [0.1, 0.15) is 0 Å². The van der Waals surface area contributed by atoms with Gasteiger partial charge in [-0.2, -0.15) is 0 Å². The topological polar surface area (TPSA) is 46.0 Å². The SMILES string of the molecule is Cc1cc(CO)n[c]n1. The van der Waals surface area contributed by atoms with E-state index in [9.17, 15) is 0 Å². The summed E-state index contributed by atoms with van der Waals surface area (Å²) in [5.41, 5.74) is 1.44. The summed E-state index contributed by atoms with van der Waals surface area (Å²) in [7, 11) is 0. The van der Waals surface area contributed by atoms with E-state index in [1.807, 2.05) is 6.92 Å². The third kappa shape index (κ3) is 1.47. The fraction of sp³-hybridized carbons (Fsp3) is 0.333. The van der Waals surface area contributed by atoms with E-state index >= 15 is 0 Å². The molecule has 0 atom stereocenters. The molecule has 1 N–H and O–H groups in total. The normalized spacial score (nSPS) is 9.56. The van der Waals surface area contributed by atoms with Gasteiger partial charge in [0.05, 0.1) is 12.3 Å². The lowest BCUT2D eigenvalue weighted by molar-refractivity contribution is 0.276. The van der Waals surface area contributed by atoms with E-state index in [2.05, 4.69) is 16.3 Å². The summed E-state index contributed by atoms with van der Waals surface area (Å²) < 4.78 is 0. The molecule has 0 bridgehead atoms. The summed E-state index contributed by atoms with van der Waals surface area (Å²) in [6, 6.07) is 1.72. The van der Waals surface area contributed by atoms with Gasteiger partial charge in [-0.1, -0.05) is 0 Å².